The fourth-order valence-electron chi connectivity index (χ4n) is 2.53. The number of hydrogen-bond donors (Lipinski definition) is 1. The smallest absolute Gasteiger partial charge is 0.337 e. The highest BCUT2D eigenvalue weighted by molar-refractivity contribution is 6.04. The number of benzene rings is 1. The van der Waals surface area contributed by atoms with Crippen molar-refractivity contribution in [2.24, 2.45) is 0 Å². The molecule has 1 aliphatic rings. The molecule has 1 N–H and O–H groups in total. The van der Waals surface area contributed by atoms with Gasteiger partial charge in [0.25, 0.3) is 5.91 Å². The first-order valence-corrected chi connectivity index (χ1v) is 7.74. The van der Waals surface area contributed by atoms with Gasteiger partial charge in [-0.3, -0.25) is 4.79 Å². The molecule has 2 aromatic rings. The van der Waals surface area contributed by atoms with Crippen LogP contribution in [0.3, 0.4) is 0 Å². The van der Waals surface area contributed by atoms with Crippen LogP contribution in [-0.2, 0) is 4.74 Å². The van der Waals surface area contributed by atoms with Gasteiger partial charge in [-0.2, -0.15) is 0 Å². The molecule has 124 valence electrons. The van der Waals surface area contributed by atoms with Crippen molar-refractivity contribution in [2.75, 3.05) is 30.4 Å². The third-order valence-electron chi connectivity index (χ3n) is 3.85. The maximum absolute atomic E-state index is 12.2. The Labute approximate surface area is 139 Å². The van der Waals surface area contributed by atoms with Crippen LogP contribution in [0.5, 0.6) is 0 Å². The first kappa shape index (κ1) is 15.9. The van der Waals surface area contributed by atoms with Gasteiger partial charge in [-0.15, -0.1) is 0 Å². The SMILES string of the molecule is COC(=O)c1ccc(NC(=O)c2cnc(N3CCCC3)nc2)cc1. The molecular formula is C17H18N4O3. The van der Waals surface area contributed by atoms with Crippen molar-refractivity contribution in [3.8, 4) is 0 Å². The summed E-state index contributed by atoms with van der Waals surface area (Å²) in [6.07, 6.45) is 5.35. The molecule has 2 heterocycles. The zero-order chi connectivity index (χ0) is 16.9. The number of nitrogens with zero attached hydrogens (tertiary/aromatic N) is 3. The summed E-state index contributed by atoms with van der Waals surface area (Å²) < 4.78 is 4.63. The minimum Gasteiger partial charge on any atom is -0.465 e. The molecule has 1 aliphatic heterocycles. The number of aromatic nitrogens is 2. The van der Waals surface area contributed by atoms with E-state index in [1.54, 1.807) is 24.3 Å². The maximum Gasteiger partial charge on any atom is 0.337 e. The van der Waals surface area contributed by atoms with E-state index in [-0.39, 0.29) is 5.91 Å². The lowest BCUT2D eigenvalue weighted by atomic mass is 10.2. The summed E-state index contributed by atoms with van der Waals surface area (Å²) in [4.78, 5) is 34.2. The summed E-state index contributed by atoms with van der Waals surface area (Å²) in [5.41, 5.74) is 1.39. The van der Waals surface area contributed by atoms with Gasteiger partial charge in [0.05, 0.1) is 18.2 Å². The van der Waals surface area contributed by atoms with Crippen molar-refractivity contribution in [1.82, 2.24) is 9.97 Å². The third-order valence-corrected chi connectivity index (χ3v) is 3.85. The van der Waals surface area contributed by atoms with Gasteiger partial charge in [-0.1, -0.05) is 0 Å². The van der Waals surface area contributed by atoms with Crippen LogP contribution in [0.4, 0.5) is 11.6 Å². The molecular weight excluding hydrogens is 308 g/mol. The second-order valence-electron chi connectivity index (χ2n) is 5.49. The van der Waals surface area contributed by atoms with Gasteiger partial charge in [0.15, 0.2) is 0 Å². The monoisotopic (exact) mass is 326 g/mol. The first-order chi connectivity index (χ1) is 11.7. The number of nitrogens with one attached hydrogen (secondary N) is 1. The molecule has 1 saturated heterocycles. The van der Waals surface area contributed by atoms with Crippen molar-refractivity contribution >= 4 is 23.5 Å². The molecule has 1 aromatic heterocycles. The number of rotatable bonds is 4. The lowest BCUT2D eigenvalue weighted by molar-refractivity contribution is 0.0600. The largest absolute Gasteiger partial charge is 0.465 e. The number of anilines is 2. The van der Waals surface area contributed by atoms with E-state index < -0.39 is 5.97 Å². The lowest BCUT2D eigenvalue weighted by Crippen LogP contribution is -2.21. The molecule has 7 nitrogen and oxygen atoms in total. The molecule has 0 spiro atoms. The van der Waals surface area contributed by atoms with Crippen LogP contribution < -0.4 is 10.2 Å². The number of carbonyl (C=O) groups excluding carboxylic acids is 2. The van der Waals surface area contributed by atoms with E-state index in [1.165, 1.54) is 19.5 Å². The third kappa shape index (κ3) is 3.51. The number of methoxy groups -OCH3 is 1. The molecule has 1 aromatic carbocycles. The van der Waals surface area contributed by atoms with E-state index >= 15 is 0 Å². The Balaban J connectivity index is 1.65. The van der Waals surface area contributed by atoms with E-state index in [0.29, 0.717) is 22.8 Å². The van der Waals surface area contributed by atoms with E-state index in [2.05, 4.69) is 24.9 Å². The fourth-order valence-corrected chi connectivity index (χ4v) is 2.53. The summed E-state index contributed by atoms with van der Waals surface area (Å²) >= 11 is 0. The topological polar surface area (TPSA) is 84.4 Å². The van der Waals surface area contributed by atoms with Gasteiger partial charge >= 0.3 is 5.97 Å². The first-order valence-electron chi connectivity index (χ1n) is 7.74. The molecule has 3 rings (SSSR count). The second-order valence-corrected chi connectivity index (χ2v) is 5.49. The predicted molar refractivity (Wildman–Crippen MR) is 89.2 cm³/mol. The standard InChI is InChI=1S/C17H18N4O3/c1-24-16(23)12-4-6-14(7-5-12)20-15(22)13-10-18-17(19-11-13)21-8-2-3-9-21/h4-7,10-11H,2-3,8-9H2,1H3,(H,20,22). The molecule has 0 unspecified atom stereocenters. The molecule has 24 heavy (non-hydrogen) atoms. The van der Waals surface area contributed by atoms with Crippen LogP contribution >= 0.6 is 0 Å². The number of esters is 1. The van der Waals surface area contributed by atoms with E-state index in [1.807, 2.05) is 0 Å². The number of carbonyl (C=O) groups is 2. The summed E-state index contributed by atoms with van der Waals surface area (Å²) in [5, 5.41) is 2.75. The van der Waals surface area contributed by atoms with Gasteiger partial charge in [0.2, 0.25) is 5.95 Å². The van der Waals surface area contributed by atoms with Crippen molar-refractivity contribution in [3.63, 3.8) is 0 Å². The van der Waals surface area contributed by atoms with Gasteiger partial charge in [0, 0.05) is 31.2 Å². The van der Waals surface area contributed by atoms with Gasteiger partial charge in [-0.05, 0) is 37.1 Å². The highest BCUT2D eigenvalue weighted by Gasteiger charge is 2.15. The van der Waals surface area contributed by atoms with Gasteiger partial charge in [-0.25, -0.2) is 14.8 Å². The average molecular weight is 326 g/mol. The van der Waals surface area contributed by atoms with Crippen LogP contribution in [-0.4, -0.2) is 42.0 Å². The van der Waals surface area contributed by atoms with Crippen LogP contribution in [0.15, 0.2) is 36.7 Å². The summed E-state index contributed by atoms with van der Waals surface area (Å²) in [6, 6.07) is 6.47. The van der Waals surface area contributed by atoms with Crippen LogP contribution in [0.25, 0.3) is 0 Å². The maximum atomic E-state index is 12.2. The molecule has 0 aliphatic carbocycles. The molecule has 1 fully saturated rings. The summed E-state index contributed by atoms with van der Waals surface area (Å²) in [6.45, 7) is 1.91. The van der Waals surface area contributed by atoms with Crippen LogP contribution in [0.2, 0.25) is 0 Å². The second kappa shape index (κ2) is 7.08. The molecule has 0 bridgehead atoms. The Morgan fingerprint density at radius 3 is 2.25 bits per heavy atom. The van der Waals surface area contributed by atoms with Gasteiger partial charge < -0.3 is 15.0 Å². The zero-order valence-corrected chi connectivity index (χ0v) is 13.4. The van der Waals surface area contributed by atoms with E-state index in [4.69, 9.17) is 0 Å². The van der Waals surface area contributed by atoms with Crippen molar-refractivity contribution in [1.29, 1.82) is 0 Å². The summed E-state index contributed by atoms with van der Waals surface area (Å²) in [7, 11) is 1.32. The lowest BCUT2D eigenvalue weighted by Gasteiger charge is -2.14. The molecule has 0 saturated carbocycles. The minimum absolute atomic E-state index is 0.297. The van der Waals surface area contributed by atoms with Crippen molar-refractivity contribution in [3.05, 3.63) is 47.8 Å². The Kier molecular flexibility index (Phi) is 4.69. The Morgan fingerprint density at radius 2 is 1.67 bits per heavy atom. The highest BCUT2D eigenvalue weighted by Crippen LogP contribution is 2.16. The fraction of sp³-hybridized carbons (Fsp3) is 0.294. The number of amides is 1. The number of ether oxygens (including phenoxy) is 1. The predicted octanol–water partition coefficient (Wildman–Crippen LogP) is 2.12. The summed E-state index contributed by atoms with van der Waals surface area (Å²) in [5.74, 6) is -0.0564. The molecule has 0 atom stereocenters. The quantitative estimate of drug-likeness (QED) is 0.866. The van der Waals surface area contributed by atoms with Crippen LogP contribution in [0, 0.1) is 0 Å². The average Bonchev–Trinajstić information content (AvgIpc) is 3.16. The zero-order valence-electron chi connectivity index (χ0n) is 13.4. The van der Waals surface area contributed by atoms with Crippen molar-refractivity contribution < 1.29 is 14.3 Å². The highest BCUT2D eigenvalue weighted by atomic mass is 16.5. The minimum atomic E-state index is -0.418. The van der Waals surface area contributed by atoms with E-state index in [9.17, 15) is 9.59 Å². The van der Waals surface area contributed by atoms with Gasteiger partial charge in [0.1, 0.15) is 0 Å². The normalized spacial score (nSPS) is 13.6. The Hall–Kier alpha value is -2.96. The molecule has 0 radical (unpaired) electrons. The Morgan fingerprint density at radius 1 is 1.04 bits per heavy atom. The molecule has 1 amide bonds. The van der Waals surface area contributed by atoms with Crippen molar-refractivity contribution in [2.45, 2.75) is 12.8 Å². The molecule has 7 heteroatoms. The van der Waals surface area contributed by atoms with Crippen LogP contribution in [0.1, 0.15) is 33.6 Å². The number of hydrogen-bond acceptors (Lipinski definition) is 6. The Bertz CT molecular complexity index is 723. The van der Waals surface area contributed by atoms with E-state index in [0.717, 1.165) is 25.9 Å².